The van der Waals surface area contributed by atoms with Gasteiger partial charge in [0.15, 0.2) is 11.0 Å². The zero-order valence-electron chi connectivity index (χ0n) is 18.6. The third-order valence-electron chi connectivity index (χ3n) is 4.88. The van der Waals surface area contributed by atoms with E-state index in [1.807, 2.05) is 6.07 Å². The second-order valence-electron chi connectivity index (χ2n) is 7.14. The van der Waals surface area contributed by atoms with Gasteiger partial charge in [-0.1, -0.05) is 36.0 Å². The summed E-state index contributed by atoms with van der Waals surface area (Å²) in [5, 5.41) is 20.6. The van der Waals surface area contributed by atoms with Crippen molar-refractivity contribution in [2.75, 3.05) is 18.2 Å². The monoisotopic (exact) mass is 489 g/mol. The SMILES string of the molecule is COc1ccc(OCc2nnc(SCC(=O)Nc3ccccc3C#N)n2-c2ccccc2F)cc1. The van der Waals surface area contributed by atoms with Crippen molar-refractivity contribution < 1.29 is 18.7 Å². The summed E-state index contributed by atoms with van der Waals surface area (Å²) >= 11 is 1.09. The Morgan fingerprint density at radius 3 is 2.51 bits per heavy atom. The number of thioether (sulfide) groups is 1. The summed E-state index contributed by atoms with van der Waals surface area (Å²) in [4.78, 5) is 12.5. The topological polar surface area (TPSA) is 102 Å². The highest BCUT2D eigenvalue weighted by Gasteiger charge is 2.19. The van der Waals surface area contributed by atoms with Crippen molar-refractivity contribution in [2.45, 2.75) is 11.8 Å². The molecule has 0 aliphatic heterocycles. The van der Waals surface area contributed by atoms with Crippen LogP contribution >= 0.6 is 11.8 Å². The van der Waals surface area contributed by atoms with Gasteiger partial charge in [0.1, 0.15) is 30.0 Å². The van der Waals surface area contributed by atoms with Gasteiger partial charge in [0, 0.05) is 0 Å². The molecule has 0 aliphatic rings. The van der Waals surface area contributed by atoms with E-state index < -0.39 is 5.82 Å². The number of carbonyl (C=O) groups is 1. The van der Waals surface area contributed by atoms with Crippen molar-refractivity contribution in [3.05, 3.63) is 90.0 Å². The van der Waals surface area contributed by atoms with E-state index in [0.717, 1.165) is 11.8 Å². The predicted octanol–water partition coefficient (Wildman–Crippen LogP) is 4.60. The normalized spacial score (nSPS) is 10.4. The van der Waals surface area contributed by atoms with E-state index in [0.29, 0.717) is 33.7 Å². The standard InChI is InChI=1S/C25H20FN5O3S/c1-33-18-10-12-19(13-11-18)34-15-23-29-30-25(31(23)22-9-5-3-7-20(22)26)35-16-24(32)28-21-8-4-2-6-17(21)14-27/h2-13H,15-16H2,1H3,(H,28,32). The largest absolute Gasteiger partial charge is 0.497 e. The Kier molecular flexibility index (Phi) is 7.60. The maximum absolute atomic E-state index is 14.7. The minimum absolute atomic E-state index is 0.0221. The molecule has 1 amide bonds. The summed E-state index contributed by atoms with van der Waals surface area (Å²) in [5.74, 6) is 0.818. The van der Waals surface area contributed by atoms with Gasteiger partial charge in [-0.3, -0.25) is 9.36 Å². The average molecular weight is 490 g/mol. The zero-order chi connectivity index (χ0) is 24.6. The number of benzene rings is 3. The molecule has 176 valence electrons. The molecule has 0 bridgehead atoms. The Balaban J connectivity index is 1.52. The number of nitrogens with one attached hydrogen (secondary N) is 1. The molecule has 3 aromatic carbocycles. The summed E-state index contributed by atoms with van der Waals surface area (Å²) in [5.41, 5.74) is 1.02. The van der Waals surface area contributed by atoms with Crippen LogP contribution in [-0.4, -0.2) is 33.5 Å². The molecule has 0 spiro atoms. The Hall–Kier alpha value is -4.36. The number of nitrogens with zero attached hydrogens (tertiary/aromatic N) is 4. The van der Waals surface area contributed by atoms with Crippen molar-refractivity contribution in [3.8, 4) is 23.3 Å². The van der Waals surface area contributed by atoms with E-state index in [1.165, 1.54) is 10.6 Å². The number of halogens is 1. The summed E-state index contributed by atoms with van der Waals surface area (Å²) < 4.78 is 27.2. The Morgan fingerprint density at radius 2 is 1.77 bits per heavy atom. The first-order valence-corrected chi connectivity index (χ1v) is 11.5. The molecule has 35 heavy (non-hydrogen) atoms. The maximum Gasteiger partial charge on any atom is 0.234 e. The van der Waals surface area contributed by atoms with Crippen molar-refractivity contribution in [1.82, 2.24) is 14.8 Å². The number of methoxy groups -OCH3 is 1. The second kappa shape index (κ2) is 11.2. The van der Waals surface area contributed by atoms with Crippen LogP contribution in [0.25, 0.3) is 5.69 Å². The lowest BCUT2D eigenvalue weighted by Gasteiger charge is -2.12. The van der Waals surface area contributed by atoms with Crippen LogP contribution in [0.15, 0.2) is 78.0 Å². The van der Waals surface area contributed by atoms with E-state index in [-0.39, 0.29) is 24.0 Å². The molecule has 4 aromatic rings. The van der Waals surface area contributed by atoms with E-state index in [1.54, 1.807) is 73.8 Å². The van der Waals surface area contributed by atoms with E-state index >= 15 is 0 Å². The van der Waals surface area contributed by atoms with Crippen LogP contribution in [0, 0.1) is 17.1 Å². The van der Waals surface area contributed by atoms with Gasteiger partial charge in [0.25, 0.3) is 0 Å². The number of anilines is 1. The number of hydrogen-bond acceptors (Lipinski definition) is 7. The third-order valence-corrected chi connectivity index (χ3v) is 5.80. The highest BCUT2D eigenvalue weighted by molar-refractivity contribution is 7.99. The number of aromatic nitrogens is 3. The fourth-order valence-electron chi connectivity index (χ4n) is 3.19. The minimum Gasteiger partial charge on any atom is -0.497 e. The lowest BCUT2D eigenvalue weighted by atomic mass is 10.2. The first-order chi connectivity index (χ1) is 17.1. The molecule has 1 aromatic heterocycles. The molecule has 0 saturated heterocycles. The molecule has 0 atom stereocenters. The second-order valence-corrected chi connectivity index (χ2v) is 8.09. The maximum atomic E-state index is 14.7. The van der Waals surface area contributed by atoms with Gasteiger partial charge in [0.2, 0.25) is 5.91 Å². The highest BCUT2D eigenvalue weighted by Crippen LogP contribution is 2.26. The highest BCUT2D eigenvalue weighted by atomic mass is 32.2. The van der Waals surface area contributed by atoms with Gasteiger partial charge >= 0.3 is 0 Å². The van der Waals surface area contributed by atoms with Gasteiger partial charge in [-0.25, -0.2) is 4.39 Å². The summed E-state index contributed by atoms with van der Waals surface area (Å²) in [6, 6.07) is 22.0. The van der Waals surface area contributed by atoms with Crippen molar-refractivity contribution >= 4 is 23.4 Å². The van der Waals surface area contributed by atoms with Crippen LogP contribution < -0.4 is 14.8 Å². The van der Waals surface area contributed by atoms with Crippen LogP contribution in [-0.2, 0) is 11.4 Å². The van der Waals surface area contributed by atoms with Crippen molar-refractivity contribution in [2.24, 2.45) is 0 Å². The zero-order valence-corrected chi connectivity index (χ0v) is 19.5. The molecule has 0 fully saturated rings. The first kappa shape index (κ1) is 23.8. The van der Waals surface area contributed by atoms with E-state index in [4.69, 9.17) is 9.47 Å². The third kappa shape index (κ3) is 5.77. The number of carbonyl (C=O) groups excluding carboxylic acids is 1. The van der Waals surface area contributed by atoms with Crippen LogP contribution in [0.3, 0.4) is 0 Å². The number of amides is 1. The Labute approximate surface area is 205 Å². The van der Waals surface area contributed by atoms with Gasteiger partial charge in [-0.05, 0) is 48.5 Å². The van der Waals surface area contributed by atoms with Gasteiger partial charge in [0.05, 0.1) is 29.8 Å². The molecule has 10 heteroatoms. The summed E-state index contributed by atoms with van der Waals surface area (Å²) in [7, 11) is 1.58. The summed E-state index contributed by atoms with van der Waals surface area (Å²) in [6.07, 6.45) is 0. The lowest BCUT2D eigenvalue weighted by Crippen LogP contribution is -2.15. The molecule has 1 N–H and O–H groups in total. The molecule has 4 rings (SSSR count). The van der Waals surface area contributed by atoms with Gasteiger partial charge < -0.3 is 14.8 Å². The number of hydrogen-bond donors (Lipinski definition) is 1. The smallest absolute Gasteiger partial charge is 0.234 e. The molecule has 8 nitrogen and oxygen atoms in total. The molecular weight excluding hydrogens is 469 g/mol. The van der Waals surface area contributed by atoms with Crippen LogP contribution in [0.1, 0.15) is 11.4 Å². The molecule has 0 radical (unpaired) electrons. The molecule has 0 saturated carbocycles. The van der Waals surface area contributed by atoms with E-state index in [9.17, 15) is 14.4 Å². The fourth-order valence-corrected chi connectivity index (χ4v) is 3.95. The first-order valence-electron chi connectivity index (χ1n) is 10.5. The number of ether oxygens (including phenoxy) is 2. The predicted molar refractivity (Wildman–Crippen MR) is 129 cm³/mol. The molecule has 0 unspecified atom stereocenters. The Morgan fingerprint density at radius 1 is 1.06 bits per heavy atom. The van der Waals surface area contributed by atoms with Crippen LogP contribution in [0.2, 0.25) is 0 Å². The van der Waals surface area contributed by atoms with Gasteiger partial charge in [-0.15, -0.1) is 10.2 Å². The lowest BCUT2D eigenvalue weighted by molar-refractivity contribution is -0.113. The van der Waals surface area contributed by atoms with Crippen molar-refractivity contribution in [1.29, 1.82) is 5.26 Å². The number of rotatable bonds is 9. The fraction of sp³-hybridized carbons (Fsp3) is 0.120. The molecule has 1 heterocycles. The molecule has 0 aliphatic carbocycles. The minimum atomic E-state index is -0.466. The van der Waals surface area contributed by atoms with Crippen LogP contribution in [0.5, 0.6) is 11.5 Å². The van der Waals surface area contributed by atoms with Crippen molar-refractivity contribution in [3.63, 3.8) is 0 Å². The molecular formula is C25H20FN5O3S. The van der Waals surface area contributed by atoms with Gasteiger partial charge in [-0.2, -0.15) is 5.26 Å². The number of nitriles is 1. The number of para-hydroxylation sites is 2. The van der Waals surface area contributed by atoms with E-state index in [2.05, 4.69) is 15.5 Å². The Bertz CT molecular complexity index is 1370. The summed E-state index contributed by atoms with van der Waals surface area (Å²) in [6.45, 7) is 0.0238. The quantitative estimate of drug-likeness (QED) is 0.343. The average Bonchev–Trinajstić information content (AvgIpc) is 3.29. The van der Waals surface area contributed by atoms with Crippen LogP contribution in [0.4, 0.5) is 10.1 Å².